The van der Waals surface area contributed by atoms with E-state index < -0.39 is 6.10 Å². The van der Waals surface area contributed by atoms with Gasteiger partial charge < -0.3 is 19.1 Å². The van der Waals surface area contributed by atoms with E-state index in [1.54, 1.807) is 13.3 Å². The fourth-order valence-corrected chi connectivity index (χ4v) is 3.35. The number of aromatic nitrogens is 2. The largest absolute Gasteiger partial charge is 0.497 e. The van der Waals surface area contributed by atoms with Crippen LogP contribution in [0.15, 0.2) is 36.7 Å². The number of benzene rings is 1. The van der Waals surface area contributed by atoms with Crippen LogP contribution in [-0.2, 0) is 7.05 Å². The van der Waals surface area contributed by atoms with Crippen molar-refractivity contribution in [3.8, 4) is 11.5 Å². The predicted molar refractivity (Wildman–Crippen MR) is 95.8 cm³/mol. The SMILES string of the molecule is COc1cccc(OCCN2CCC(C(O)c3nccn3C)CC2)c1. The molecule has 1 unspecified atom stereocenters. The quantitative estimate of drug-likeness (QED) is 0.834. The van der Waals surface area contributed by atoms with Crippen molar-refractivity contribution in [1.82, 2.24) is 14.5 Å². The highest BCUT2D eigenvalue weighted by molar-refractivity contribution is 5.32. The Morgan fingerprint density at radius 1 is 1.28 bits per heavy atom. The van der Waals surface area contributed by atoms with Gasteiger partial charge in [0.15, 0.2) is 0 Å². The molecule has 6 heteroatoms. The lowest BCUT2D eigenvalue weighted by atomic mass is 9.91. The summed E-state index contributed by atoms with van der Waals surface area (Å²) in [4.78, 5) is 6.67. The second kappa shape index (κ2) is 8.36. The minimum atomic E-state index is -0.477. The van der Waals surface area contributed by atoms with E-state index >= 15 is 0 Å². The van der Waals surface area contributed by atoms with Crippen LogP contribution < -0.4 is 9.47 Å². The van der Waals surface area contributed by atoms with Crippen LogP contribution in [0.2, 0.25) is 0 Å². The highest BCUT2D eigenvalue weighted by Gasteiger charge is 2.28. The summed E-state index contributed by atoms with van der Waals surface area (Å²) < 4.78 is 12.9. The first-order valence-electron chi connectivity index (χ1n) is 8.82. The monoisotopic (exact) mass is 345 g/mol. The predicted octanol–water partition coefficient (Wildman–Crippen LogP) is 2.25. The van der Waals surface area contributed by atoms with Crippen molar-refractivity contribution in [3.05, 3.63) is 42.5 Å². The van der Waals surface area contributed by atoms with Crippen molar-refractivity contribution in [2.24, 2.45) is 13.0 Å². The van der Waals surface area contributed by atoms with Gasteiger partial charge >= 0.3 is 0 Å². The Hall–Kier alpha value is -2.05. The molecule has 1 aliphatic heterocycles. The molecule has 1 fully saturated rings. The number of imidazole rings is 1. The zero-order chi connectivity index (χ0) is 17.6. The molecule has 2 aromatic rings. The Bertz CT molecular complexity index is 665. The van der Waals surface area contributed by atoms with Crippen molar-refractivity contribution >= 4 is 0 Å². The van der Waals surface area contributed by atoms with Crippen LogP contribution in [-0.4, -0.2) is 52.9 Å². The normalized spacial score (nSPS) is 17.4. The number of aliphatic hydroxyl groups is 1. The van der Waals surface area contributed by atoms with Gasteiger partial charge in [0.1, 0.15) is 30.0 Å². The fourth-order valence-electron chi connectivity index (χ4n) is 3.35. The number of ether oxygens (including phenoxy) is 2. The molecule has 0 spiro atoms. The molecule has 0 saturated carbocycles. The zero-order valence-electron chi connectivity index (χ0n) is 15.0. The van der Waals surface area contributed by atoms with Crippen molar-refractivity contribution in [2.45, 2.75) is 18.9 Å². The fraction of sp³-hybridized carbons (Fsp3) is 0.526. The second-order valence-corrected chi connectivity index (χ2v) is 6.55. The minimum Gasteiger partial charge on any atom is -0.497 e. The average Bonchev–Trinajstić information content (AvgIpc) is 3.08. The van der Waals surface area contributed by atoms with Gasteiger partial charge in [-0.2, -0.15) is 0 Å². The maximum absolute atomic E-state index is 10.5. The molecule has 6 nitrogen and oxygen atoms in total. The second-order valence-electron chi connectivity index (χ2n) is 6.55. The molecule has 25 heavy (non-hydrogen) atoms. The molecular formula is C19H27N3O3. The molecule has 2 heterocycles. The van der Waals surface area contributed by atoms with E-state index in [1.165, 1.54) is 0 Å². The van der Waals surface area contributed by atoms with Crippen molar-refractivity contribution < 1.29 is 14.6 Å². The third kappa shape index (κ3) is 4.52. The molecule has 136 valence electrons. The highest BCUT2D eigenvalue weighted by Crippen LogP contribution is 2.29. The number of piperidine rings is 1. The molecule has 1 aromatic carbocycles. The van der Waals surface area contributed by atoms with Gasteiger partial charge in [-0.25, -0.2) is 4.98 Å². The molecule has 1 N–H and O–H groups in total. The van der Waals surface area contributed by atoms with E-state index in [2.05, 4.69) is 9.88 Å². The first-order chi connectivity index (χ1) is 12.2. The number of aliphatic hydroxyl groups excluding tert-OH is 1. The number of likely N-dealkylation sites (tertiary alicyclic amines) is 1. The molecule has 1 aliphatic rings. The van der Waals surface area contributed by atoms with Gasteiger partial charge in [0, 0.05) is 32.1 Å². The van der Waals surface area contributed by atoms with Gasteiger partial charge in [-0.05, 0) is 44.0 Å². The van der Waals surface area contributed by atoms with Crippen LogP contribution in [0.5, 0.6) is 11.5 Å². The standard InChI is InChI=1S/C19H27N3O3/c1-21-11-8-20-19(21)18(23)15-6-9-22(10-7-15)12-13-25-17-5-3-4-16(14-17)24-2/h3-5,8,11,14-15,18,23H,6-7,9-10,12-13H2,1-2H3. The Morgan fingerprint density at radius 3 is 2.72 bits per heavy atom. The zero-order valence-corrected chi connectivity index (χ0v) is 15.0. The highest BCUT2D eigenvalue weighted by atomic mass is 16.5. The van der Waals surface area contributed by atoms with E-state index in [0.717, 1.165) is 49.8 Å². The first-order valence-corrected chi connectivity index (χ1v) is 8.82. The van der Waals surface area contributed by atoms with Crippen LogP contribution in [0.4, 0.5) is 0 Å². The summed E-state index contributed by atoms with van der Waals surface area (Å²) >= 11 is 0. The van der Waals surface area contributed by atoms with Crippen LogP contribution in [0, 0.1) is 5.92 Å². The smallest absolute Gasteiger partial charge is 0.137 e. The van der Waals surface area contributed by atoms with Gasteiger partial charge in [0.2, 0.25) is 0 Å². The lowest BCUT2D eigenvalue weighted by molar-refractivity contribution is 0.0478. The van der Waals surface area contributed by atoms with Crippen LogP contribution >= 0.6 is 0 Å². The average molecular weight is 345 g/mol. The first kappa shape index (κ1) is 17.8. The van der Waals surface area contributed by atoms with E-state index in [4.69, 9.17) is 9.47 Å². The summed E-state index contributed by atoms with van der Waals surface area (Å²) in [7, 11) is 3.58. The van der Waals surface area contributed by atoms with Gasteiger partial charge in [0.25, 0.3) is 0 Å². The number of methoxy groups -OCH3 is 1. The van der Waals surface area contributed by atoms with Gasteiger partial charge in [-0.1, -0.05) is 6.07 Å². The van der Waals surface area contributed by atoms with Crippen molar-refractivity contribution in [3.63, 3.8) is 0 Å². The van der Waals surface area contributed by atoms with Crippen LogP contribution in [0.1, 0.15) is 24.8 Å². The summed E-state index contributed by atoms with van der Waals surface area (Å²) in [5, 5.41) is 10.5. The van der Waals surface area contributed by atoms with Crippen molar-refractivity contribution in [2.75, 3.05) is 33.4 Å². The van der Waals surface area contributed by atoms with E-state index in [-0.39, 0.29) is 5.92 Å². The van der Waals surface area contributed by atoms with E-state index in [1.807, 2.05) is 42.1 Å². The minimum absolute atomic E-state index is 0.275. The number of rotatable bonds is 7. The Kier molecular flexibility index (Phi) is 5.94. The third-order valence-corrected chi connectivity index (χ3v) is 4.92. The van der Waals surface area contributed by atoms with Crippen LogP contribution in [0.25, 0.3) is 0 Å². The Balaban J connectivity index is 1.41. The Labute approximate surface area is 149 Å². The lowest BCUT2D eigenvalue weighted by Gasteiger charge is -2.33. The topological polar surface area (TPSA) is 59.8 Å². The molecule has 0 aliphatic carbocycles. The molecule has 3 rings (SSSR count). The van der Waals surface area contributed by atoms with E-state index in [9.17, 15) is 5.11 Å². The lowest BCUT2D eigenvalue weighted by Crippen LogP contribution is -2.38. The molecule has 0 amide bonds. The van der Waals surface area contributed by atoms with Crippen molar-refractivity contribution in [1.29, 1.82) is 0 Å². The maximum atomic E-state index is 10.5. The Morgan fingerprint density at radius 2 is 2.04 bits per heavy atom. The number of nitrogens with zero attached hydrogens (tertiary/aromatic N) is 3. The summed E-state index contributed by atoms with van der Waals surface area (Å²) in [5.41, 5.74) is 0. The van der Waals surface area contributed by atoms with Gasteiger partial charge in [-0.3, -0.25) is 4.90 Å². The molecular weight excluding hydrogens is 318 g/mol. The maximum Gasteiger partial charge on any atom is 0.137 e. The molecule has 1 aromatic heterocycles. The summed E-state index contributed by atoms with van der Waals surface area (Å²) in [5.74, 6) is 2.68. The van der Waals surface area contributed by atoms with Gasteiger partial charge in [-0.15, -0.1) is 0 Å². The molecule has 1 saturated heterocycles. The summed E-state index contributed by atoms with van der Waals surface area (Å²) in [6, 6.07) is 7.68. The number of hydrogen-bond donors (Lipinski definition) is 1. The number of aryl methyl sites for hydroxylation is 1. The molecule has 0 radical (unpaired) electrons. The van der Waals surface area contributed by atoms with E-state index in [0.29, 0.717) is 6.61 Å². The number of hydrogen-bond acceptors (Lipinski definition) is 5. The molecule has 1 atom stereocenters. The summed E-state index contributed by atoms with van der Waals surface area (Å²) in [6.45, 7) is 3.50. The van der Waals surface area contributed by atoms with Crippen LogP contribution in [0.3, 0.4) is 0 Å². The molecule has 0 bridgehead atoms. The van der Waals surface area contributed by atoms with Gasteiger partial charge in [0.05, 0.1) is 7.11 Å². The third-order valence-electron chi connectivity index (χ3n) is 4.92. The summed E-state index contributed by atoms with van der Waals surface area (Å²) in [6.07, 6.45) is 5.10.